The number of rotatable bonds is 3. The van der Waals surface area contributed by atoms with Crippen molar-refractivity contribution >= 4 is 18.5 Å². The van der Waals surface area contributed by atoms with Gasteiger partial charge in [-0.15, -0.1) is 0 Å². The average Bonchev–Trinajstić information content (AvgIpc) is 2.34. The van der Waals surface area contributed by atoms with E-state index in [-0.39, 0.29) is 11.5 Å². The molecule has 98 valence electrons. The summed E-state index contributed by atoms with van der Waals surface area (Å²) in [5.41, 5.74) is -0.0664. The highest BCUT2D eigenvalue weighted by Gasteiger charge is 2.38. The van der Waals surface area contributed by atoms with E-state index >= 15 is 0 Å². The quantitative estimate of drug-likeness (QED) is 0.748. The molecule has 1 amide bonds. The van der Waals surface area contributed by atoms with E-state index in [0.29, 0.717) is 38.0 Å². The molecular weight excluding hydrogens is 238 g/mol. The van der Waals surface area contributed by atoms with Crippen LogP contribution in [0.15, 0.2) is 0 Å². The second kappa shape index (κ2) is 6.07. The summed E-state index contributed by atoms with van der Waals surface area (Å²) in [6, 6.07) is 0.304. The molecule has 5 heteroatoms. The molecule has 1 spiro atoms. The van der Waals surface area contributed by atoms with Gasteiger partial charge in [0.05, 0.1) is 25.4 Å². The van der Waals surface area contributed by atoms with Crippen molar-refractivity contribution in [3.63, 3.8) is 0 Å². The van der Waals surface area contributed by atoms with Crippen LogP contribution in [0.3, 0.4) is 0 Å². The predicted molar refractivity (Wildman–Crippen MR) is 68.4 cm³/mol. The lowest BCUT2D eigenvalue weighted by atomic mass is 9.82. The molecule has 1 aliphatic heterocycles. The Hall–Kier alpha value is -0.260. The standard InChI is InChI=1S/C12H21NO3S/c14-11(3-8-17)13-10-1-4-12(5-2-10)9-15-6-7-16-12/h10,17H,1-9H2,(H,13,14). The molecule has 2 rings (SSSR count). The van der Waals surface area contributed by atoms with Gasteiger partial charge in [0, 0.05) is 12.5 Å². The molecule has 0 bridgehead atoms. The minimum Gasteiger partial charge on any atom is -0.376 e. The van der Waals surface area contributed by atoms with Crippen LogP contribution in [0, 0.1) is 0 Å². The molecule has 0 atom stereocenters. The van der Waals surface area contributed by atoms with Gasteiger partial charge in [0.25, 0.3) is 0 Å². The molecule has 0 unspecified atom stereocenters. The Bertz CT molecular complexity index is 256. The molecule has 2 fully saturated rings. The Balaban J connectivity index is 1.75. The largest absolute Gasteiger partial charge is 0.376 e. The van der Waals surface area contributed by atoms with Gasteiger partial charge in [-0.1, -0.05) is 0 Å². The van der Waals surface area contributed by atoms with Crippen LogP contribution in [0.2, 0.25) is 0 Å². The fourth-order valence-electron chi connectivity index (χ4n) is 2.60. The summed E-state index contributed by atoms with van der Waals surface area (Å²) < 4.78 is 11.4. The van der Waals surface area contributed by atoms with Crippen molar-refractivity contribution in [3.05, 3.63) is 0 Å². The smallest absolute Gasteiger partial charge is 0.221 e. The van der Waals surface area contributed by atoms with Gasteiger partial charge in [-0.05, 0) is 31.4 Å². The first kappa shape index (κ1) is 13.2. The second-order valence-electron chi connectivity index (χ2n) is 4.90. The highest BCUT2D eigenvalue weighted by molar-refractivity contribution is 7.80. The molecule has 1 aliphatic carbocycles. The van der Waals surface area contributed by atoms with E-state index in [4.69, 9.17) is 9.47 Å². The zero-order valence-electron chi connectivity index (χ0n) is 10.1. The number of thiol groups is 1. The van der Waals surface area contributed by atoms with E-state index in [2.05, 4.69) is 17.9 Å². The van der Waals surface area contributed by atoms with Crippen LogP contribution in [-0.4, -0.2) is 43.1 Å². The summed E-state index contributed by atoms with van der Waals surface area (Å²) in [5, 5.41) is 3.06. The van der Waals surface area contributed by atoms with Crippen molar-refractivity contribution in [3.8, 4) is 0 Å². The highest BCUT2D eigenvalue weighted by atomic mass is 32.1. The van der Waals surface area contributed by atoms with Crippen LogP contribution in [0.5, 0.6) is 0 Å². The zero-order valence-corrected chi connectivity index (χ0v) is 11.0. The van der Waals surface area contributed by atoms with Gasteiger partial charge in [0.1, 0.15) is 0 Å². The molecule has 4 nitrogen and oxygen atoms in total. The summed E-state index contributed by atoms with van der Waals surface area (Å²) in [4.78, 5) is 11.5. The van der Waals surface area contributed by atoms with Gasteiger partial charge in [0.2, 0.25) is 5.91 Å². The summed E-state index contributed by atoms with van der Waals surface area (Å²) in [5.74, 6) is 0.723. The van der Waals surface area contributed by atoms with E-state index in [1.165, 1.54) is 0 Å². The Labute approximate surface area is 108 Å². The van der Waals surface area contributed by atoms with Gasteiger partial charge < -0.3 is 14.8 Å². The molecule has 17 heavy (non-hydrogen) atoms. The van der Waals surface area contributed by atoms with E-state index in [1.807, 2.05) is 0 Å². The minimum atomic E-state index is -0.0664. The number of nitrogens with one attached hydrogen (secondary N) is 1. The first-order valence-corrected chi connectivity index (χ1v) is 6.99. The number of carbonyl (C=O) groups excluding carboxylic acids is 1. The maximum atomic E-state index is 11.5. The molecular formula is C12H21NO3S. The third-order valence-corrected chi connectivity index (χ3v) is 3.83. The van der Waals surface area contributed by atoms with Gasteiger partial charge in [-0.2, -0.15) is 12.6 Å². The fourth-order valence-corrected chi connectivity index (χ4v) is 2.80. The number of ether oxygens (including phenoxy) is 2. The highest BCUT2D eigenvalue weighted by Crippen LogP contribution is 2.33. The lowest BCUT2D eigenvalue weighted by Gasteiger charge is -2.42. The van der Waals surface area contributed by atoms with Crippen molar-refractivity contribution in [2.75, 3.05) is 25.6 Å². The number of hydrogen-bond donors (Lipinski definition) is 2. The first-order chi connectivity index (χ1) is 8.24. The van der Waals surface area contributed by atoms with E-state index < -0.39 is 0 Å². The van der Waals surface area contributed by atoms with Crippen LogP contribution in [-0.2, 0) is 14.3 Å². The van der Waals surface area contributed by atoms with E-state index in [9.17, 15) is 4.79 Å². The molecule has 0 radical (unpaired) electrons. The van der Waals surface area contributed by atoms with Crippen molar-refractivity contribution < 1.29 is 14.3 Å². The monoisotopic (exact) mass is 259 g/mol. The molecule has 1 heterocycles. The third-order valence-electron chi connectivity index (χ3n) is 3.60. The Morgan fingerprint density at radius 1 is 1.35 bits per heavy atom. The van der Waals surface area contributed by atoms with Crippen LogP contribution >= 0.6 is 12.6 Å². The SMILES string of the molecule is O=C(CCS)NC1CCC2(CC1)COCCO2. The summed E-state index contributed by atoms with van der Waals surface area (Å²) in [7, 11) is 0. The fraction of sp³-hybridized carbons (Fsp3) is 0.917. The molecule has 0 aromatic rings. The predicted octanol–water partition coefficient (Wildman–Crippen LogP) is 1.15. The summed E-state index contributed by atoms with van der Waals surface area (Å²) in [6.07, 6.45) is 4.45. The van der Waals surface area contributed by atoms with Gasteiger partial charge in [0.15, 0.2) is 0 Å². The maximum Gasteiger partial charge on any atom is 0.221 e. The normalized spacial score (nSPS) is 33.6. The summed E-state index contributed by atoms with van der Waals surface area (Å²) in [6.45, 7) is 2.13. The Kier molecular flexibility index (Phi) is 4.70. The number of amides is 1. The van der Waals surface area contributed by atoms with Gasteiger partial charge in [-0.3, -0.25) is 4.79 Å². The Morgan fingerprint density at radius 2 is 2.12 bits per heavy atom. The molecule has 1 saturated carbocycles. The van der Waals surface area contributed by atoms with Crippen molar-refractivity contribution in [2.24, 2.45) is 0 Å². The maximum absolute atomic E-state index is 11.5. The zero-order chi connectivity index (χ0) is 12.1. The van der Waals surface area contributed by atoms with Crippen LogP contribution in [0.25, 0.3) is 0 Å². The molecule has 0 aromatic carbocycles. The Morgan fingerprint density at radius 3 is 2.71 bits per heavy atom. The molecule has 1 saturated heterocycles. The molecule has 2 aliphatic rings. The van der Waals surface area contributed by atoms with Crippen LogP contribution in [0.1, 0.15) is 32.1 Å². The lowest BCUT2D eigenvalue weighted by molar-refractivity contribution is -0.173. The van der Waals surface area contributed by atoms with Crippen LogP contribution in [0.4, 0.5) is 0 Å². The average molecular weight is 259 g/mol. The topological polar surface area (TPSA) is 47.6 Å². The van der Waals surface area contributed by atoms with E-state index in [0.717, 1.165) is 25.7 Å². The van der Waals surface area contributed by atoms with Gasteiger partial charge >= 0.3 is 0 Å². The third kappa shape index (κ3) is 3.60. The van der Waals surface area contributed by atoms with Crippen molar-refractivity contribution in [1.29, 1.82) is 0 Å². The molecule has 1 N–H and O–H groups in total. The first-order valence-electron chi connectivity index (χ1n) is 6.36. The second-order valence-corrected chi connectivity index (χ2v) is 5.35. The molecule has 0 aromatic heterocycles. The van der Waals surface area contributed by atoms with Crippen molar-refractivity contribution in [2.45, 2.75) is 43.7 Å². The minimum absolute atomic E-state index is 0.0664. The number of hydrogen-bond acceptors (Lipinski definition) is 4. The van der Waals surface area contributed by atoms with Gasteiger partial charge in [-0.25, -0.2) is 0 Å². The lowest BCUT2D eigenvalue weighted by Crippen LogP contribution is -2.49. The van der Waals surface area contributed by atoms with Crippen LogP contribution < -0.4 is 5.32 Å². The van der Waals surface area contributed by atoms with Crippen molar-refractivity contribution in [1.82, 2.24) is 5.32 Å². The summed E-state index contributed by atoms with van der Waals surface area (Å²) >= 11 is 4.06. The van der Waals surface area contributed by atoms with E-state index in [1.54, 1.807) is 0 Å². The number of carbonyl (C=O) groups is 1.